The molecule has 0 saturated carbocycles. The zero-order chi connectivity index (χ0) is 18.8. The van der Waals surface area contributed by atoms with E-state index in [0.29, 0.717) is 10.4 Å². The van der Waals surface area contributed by atoms with Crippen molar-refractivity contribution in [1.29, 1.82) is 0 Å². The molecule has 4 heteroatoms. The molecule has 1 aromatic heterocycles. The van der Waals surface area contributed by atoms with E-state index in [-0.39, 0.29) is 18.4 Å². The third-order valence-electron chi connectivity index (χ3n) is 5.44. The summed E-state index contributed by atoms with van der Waals surface area (Å²) in [6.07, 6.45) is 4.48. The number of aryl methyl sites for hydroxylation is 4. The molecule has 0 fully saturated rings. The number of benzene rings is 1. The maximum Gasteiger partial charge on any atom is 0.348 e. The number of rotatable bonds is 5. The first-order valence-electron chi connectivity index (χ1n) is 9.28. The van der Waals surface area contributed by atoms with Gasteiger partial charge in [0, 0.05) is 10.4 Å². The lowest BCUT2D eigenvalue weighted by atomic mass is 9.87. The van der Waals surface area contributed by atoms with Crippen LogP contribution in [-0.2, 0) is 17.6 Å². The van der Waals surface area contributed by atoms with Crippen molar-refractivity contribution < 1.29 is 14.3 Å². The van der Waals surface area contributed by atoms with Gasteiger partial charge in [-0.05, 0) is 80.3 Å². The van der Waals surface area contributed by atoms with Gasteiger partial charge >= 0.3 is 5.97 Å². The Morgan fingerprint density at radius 2 is 1.85 bits per heavy atom. The first-order chi connectivity index (χ1) is 12.4. The van der Waals surface area contributed by atoms with Gasteiger partial charge in [0.15, 0.2) is 6.61 Å². The predicted molar refractivity (Wildman–Crippen MR) is 105 cm³/mol. The molecule has 0 aliphatic heterocycles. The van der Waals surface area contributed by atoms with Gasteiger partial charge in [0.2, 0.25) is 5.78 Å². The summed E-state index contributed by atoms with van der Waals surface area (Å²) in [6, 6.07) is 5.85. The van der Waals surface area contributed by atoms with Gasteiger partial charge in [-0.1, -0.05) is 19.4 Å². The first-order valence-corrected chi connectivity index (χ1v) is 10.1. The van der Waals surface area contributed by atoms with E-state index in [1.54, 1.807) is 0 Å². The molecule has 3 nitrogen and oxygen atoms in total. The van der Waals surface area contributed by atoms with Gasteiger partial charge in [0.25, 0.3) is 0 Å². The Morgan fingerprint density at radius 1 is 1.12 bits per heavy atom. The fourth-order valence-corrected chi connectivity index (χ4v) is 4.69. The van der Waals surface area contributed by atoms with E-state index in [1.165, 1.54) is 34.6 Å². The molecular formula is C22H26O3S. The van der Waals surface area contributed by atoms with Crippen molar-refractivity contribution in [3.63, 3.8) is 0 Å². The van der Waals surface area contributed by atoms with Crippen LogP contribution in [0.5, 0.6) is 0 Å². The quantitative estimate of drug-likeness (QED) is 0.535. The average molecular weight is 371 g/mol. The summed E-state index contributed by atoms with van der Waals surface area (Å²) in [4.78, 5) is 26.8. The number of carbonyl (C=O) groups excluding carboxylic acids is 2. The number of carbonyl (C=O) groups is 2. The molecule has 138 valence electrons. The molecule has 0 N–H and O–H groups in total. The zero-order valence-corrected chi connectivity index (χ0v) is 16.8. The lowest BCUT2D eigenvalue weighted by molar-refractivity contribution is 0.0479. The number of esters is 1. The SMILES string of the molecule is CC[C@@H]1CCc2sc(C(=O)OCC(=O)c3cc(C)c(C)cc3C)cc2C1. The minimum absolute atomic E-state index is 0.147. The Morgan fingerprint density at radius 3 is 2.58 bits per heavy atom. The molecule has 1 aliphatic rings. The van der Waals surface area contributed by atoms with Crippen LogP contribution in [0, 0.1) is 26.7 Å². The van der Waals surface area contributed by atoms with E-state index < -0.39 is 0 Å². The molecule has 0 amide bonds. The fraction of sp³-hybridized carbons (Fsp3) is 0.455. The third kappa shape index (κ3) is 3.90. The van der Waals surface area contributed by atoms with E-state index in [9.17, 15) is 9.59 Å². The third-order valence-corrected chi connectivity index (χ3v) is 6.66. The van der Waals surface area contributed by atoms with Gasteiger partial charge in [-0.25, -0.2) is 4.79 Å². The number of ketones is 1. The van der Waals surface area contributed by atoms with Gasteiger partial charge in [0.1, 0.15) is 4.88 Å². The normalized spacial score (nSPS) is 16.2. The molecule has 1 aromatic carbocycles. The fourth-order valence-electron chi connectivity index (χ4n) is 3.59. The molecule has 0 bridgehead atoms. The van der Waals surface area contributed by atoms with Crippen molar-refractivity contribution in [2.24, 2.45) is 5.92 Å². The maximum atomic E-state index is 12.5. The van der Waals surface area contributed by atoms with Crippen LogP contribution in [0.3, 0.4) is 0 Å². The number of Topliss-reactive ketones (excluding diaryl/α,β-unsaturated/α-hetero) is 1. The molecule has 26 heavy (non-hydrogen) atoms. The summed E-state index contributed by atoms with van der Waals surface area (Å²) >= 11 is 1.53. The minimum Gasteiger partial charge on any atom is -0.453 e. The molecule has 0 spiro atoms. The second-order valence-corrected chi connectivity index (χ2v) is 8.46. The largest absolute Gasteiger partial charge is 0.453 e. The van der Waals surface area contributed by atoms with Crippen molar-refractivity contribution in [3.05, 3.63) is 55.8 Å². The van der Waals surface area contributed by atoms with Gasteiger partial charge < -0.3 is 4.74 Å². The Hall–Kier alpha value is -1.94. The molecule has 1 aliphatic carbocycles. The van der Waals surface area contributed by atoms with Crippen LogP contribution in [0.1, 0.15) is 66.9 Å². The lowest BCUT2D eigenvalue weighted by Crippen LogP contribution is -2.15. The van der Waals surface area contributed by atoms with Crippen LogP contribution < -0.4 is 0 Å². The predicted octanol–water partition coefficient (Wildman–Crippen LogP) is 5.23. The summed E-state index contributed by atoms with van der Waals surface area (Å²) in [5.74, 6) is 0.189. The number of thiophene rings is 1. The number of hydrogen-bond acceptors (Lipinski definition) is 4. The van der Waals surface area contributed by atoms with Crippen LogP contribution in [0.25, 0.3) is 0 Å². The van der Waals surface area contributed by atoms with Crippen molar-refractivity contribution in [2.75, 3.05) is 6.61 Å². The Labute approximate surface area is 159 Å². The molecule has 0 unspecified atom stereocenters. The standard InChI is InChI=1S/C22H26O3S/c1-5-16-6-7-20-17(10-16)11-21(26-20)22(24)25-12-19(23)18-9-14(3)13(2)8-15(18)4/h8-9,11,16H,5-7,10,12H2,1-4H3/t16-/m1/s1. The summed E-state index contributed by atoms with van der Waals surface area (Å²) in [5, 5.41) is 0. The van der Waals surface area contributed by atoms with Crippen molar-refractivity contribution >= 4 is 23.1 Å². The Balaban J connectivity index is 1.65. The van der Waals surface area contributed by atoms with E-state index in [0.717, 1.165) is 35.4 Å². The van der Waals surface area contributed by atoms with Crippen LogP contribution in [0.4, 0.5) is 0 Å². The van der Waals surface area contributed by atoms with Crippen molar-refractivity contribution in [3.8, 4) is 0 Å². The highest BCUT2D eigenvalue weighted by Gasteiger charge is 2.23. The van der Waals surface area contributed by atoms with Gasteiger partial charge in [-0.3, -0.25) is 4.79 Å². The number of ether oxygens (including phenoxy) is 1. The average Bonchev–Trinajstić information content (AvgIpc) is 3.05. The summed E-state index contributed by atoms with van der Waals surface area (Å²) < 4.78 is 5.32. The zero-order valence-electron chi connectivity index (χ0n) is 16.0. The molecule has 2 aromatic rings. The van der Waals surface area contributed by atoms with Gasteiger partial charge in [-0.15, -0.1) is 11.3 Å². The van der Waals surface area contributed by atoms with E-state index >= 15 is 0 Å². The highest BCUT2D eigenvalue weighted by molar-refractivity contribution is 7.14. The van der Waals surface area contributed by atoms with Gasteiger partial charge in [-0.2, -0.15) is 0 Å². The summed E-state index contributed by atoms with van der Waals surface area (Å²) in [5.41, 5.74) is 5.08. The maximum absolute atomic E-state index is 12.5. The highest BCUT2D eigenvalue weighted by Crippen LogP contribution is 2.33. The summed E-state index contributed by atoms with van der Waals surface area (Å²) in [7, 11) is 0. The second-order valence-electron chi connectivity index (χ2n) is 7.33. The molecule has 3 rings (SSSR count). The molecular weight excluding hydrogens is 344 g/mol. The monoisotopic (exact) mass is 370 g/mol. The van der Waals surface area contributed by atoms with Crippen LogP contribution in [0.15, 0.2) is 18.2 Å². The topological polar surface area (TPSA) is 43.4 Å². The lowest BCUT2D eigenvalue weighted by Gasteiger charge is -2.19. The van der Waals surface area contributed by atoms with Gasteiger partial charge in [0.05, 0.1) is 0 Å². The number of fused-ring (bicyclic) bond motifs is 1. The smallest absolute Gasteiger partial charge is 0.348 e. The Bertz CT molecular complexity index is 847. The molecule has 0 radical (unpaired) electrons. The van der Waals surface area contributed by atoms with Crippen LogP contribution in [0.2, 0.25) is 0 Å². The highest BCUT2D eigenvalue weighted by atomic mass is 32.1. The molecule has 1 heterocycles. The van der Waals surface area contributed by atoms with Crippen molar-refractivity contribution in [2.45, 2.75) is 53.4 Å². The van der Waals surface area contributed by atoms with Crippen LogP contribution >= 0.6 is 11.3 Å². The number of hydrogen-bond donors (Lipinski definition) is 0. The summed E-state index contributed by atoms with van der Waals surface area (Å²) in [6.45, 7) is 7.94. The van der Waals surface area contributed by atoms with Crippen LogP contribution in [-0.4, -0.2) is 18.4 Å². The van der Waals surface area contributed by atoms with E-state index in [2.05, 4.69) is 6.92 Å². The minimum atomic E-state index is -0.382. The van der Waals surface area contributed by atoms with Crippen molar-refractivity contribution in [1.82, 2.24) is 0 Å². The van der Waals surface area contributed by atoms with E-state index in [1.807, 2.05) is 39.0 Å². The first kappa shape index (κ1) is 18.8. The molecule has 0 saturated heterocycles. The Kier molecular flexibility index (Phi) is 5.61. The van der Waals surface area contributed by atoms with E-state index in [4.69, 9.17) is 4.74 Å². The molecule has 1 atom stereocenters. The second kappa shape index (κ2) is 7.75.